The molecule has 0 heterocycles. The first kappa shape index (κ1) is 24.8. The SMILES string of the molecule is COc1ccc(CO)cc1.[C-]#[O+].[C-]#[O+].[C-]#[O+].[Cr]. The number of rotatable bonds is 2. The van der Waals surface area contributed by atoms with Crippen LogP contribution in [0.3, 0.4) is 0 Å². The van der Waals surface area contributed by atoms with Crippen LogP contribution in [0.15, 0.2) is 24.3 Å². The Bertz CT molecular complexity index is 265. The van der Waals surface area contributed by atoms with Gasteiger partial charge in [0.05, 0.1) is 13.7 Å². The molecule has 1 rings (SSSR count). The molecule has 0 aliphatic rings. The molecular formula is C11H10CrO5. The van der Waals surface area contributed by atoms with Crippen molar-refractivity contribution in [1.82, 2.24) is 0 Å². The second kappa shape index (κ2) is 24.1. The van der Waals surface area contributed by atoms with E-state index in [0.717, 1.165) is 11.3 Å². The van der Waals surface area contributed by atoms with E-state index in [4.69, 9.17) is 23.8 Å². The third-order valence-electron chi connectivity index (χ3n) is 1.34. The molecule has 17 heavy (non-hydrogen) atoms. The Morgan fingerprint density at radius 2 is 1.35 bits per heavy atom. The molecule has 0 aliphatic heterocycles. The topological polar surface area (TPSA) is 89.2 Å². The fourth-order valence-corrected chi connectivity index (χ4v) is 0.731. The van der Waals surface area contributed by atoms with Gasteiger partial charge in [-0.15, -0.1) is 0 Å². The van der Waals surface area contributed by atoms with Crippen molar-refractivity contribution in [3.05, 3.63) is 49.8 Å². The van der Waals surface area contributed by atoms with Gasteiger partial charge in [0.15, 0.2) is 0 Å². The van der Waals surface area contributed by atoms with Crippen LogP contribution in [-0.2, 0) is 37.9 Å². The Kier molecular flexibility index (Phi) is 35.2. The van der Waals surface area contributed by atoms with Crippen molar-refractivity contribution in [2.75, 3.05) is 7.11 Å². The summed E-state index contributed by atoms with van der Waals surface area (Å²) in [6.07, 6.45) is 0. The summed E-state index contributed by atoms with van der Waals surface area (Å²) in [5.41, 5.74) is 0.904. The minimum Gasteiger partial charge on any atom is 0 e. The van der Waals surface area contributed by atoms with Crippen LogP contribution in [-0.4, -0.2) is 12.2 Å². The molecule has 0 fully saturated rings. The van der Waals surface area contributed by atoms with Gasteiger partial charge in [-0.3, -0.25) is 0 Å². The monoisotopic (exact) mass is 274 g/mol. The normalized spacial score (nSPS) is 5.88. The minimum absolute atomic E-state index is 0. The fourth-order valence-electron chi connectivity index (χ4n) is 0.731. The molecule has 0 spiro atoms. The first-order chi connectivity index (χ1) is 7.86. The Hall–Kier alpha value is -1.27. The zero-order valence-electron chi connectivity index (χ0n) is 9.00. The van der Waals surface area contributed by atoms with Gasteiger partial charge >= 0.3 is 33.9 Å². The molecule has 0 unspecified atom stereocenters. The molecular weight excluding hydrogens is 264 g/mol. The largest absolute Gasteiger partial charge is 0 e. The standard InChI is InChI=1S/C8H10O2.3CO.Cr/c1-10-8-4-2-7(6-9)3-5-8;3*1-2;/h2-5,9H,6H2,1H3;;;;. The zero-order valence-corrected chi connectivity index (χ0v) is 10.3. The van der Waals surface area contributed by atoms with Crippen LogP contribution >= 0.6 is 0 Å². The molecule has 1 aromatic carbocycles. The van der Waals surface area contributed by atoms with Gasteiger partial charge in [0.1, 0.15) is 5.75 Å². The third kappa shape index (κ3) is 14.7. The molecule has 1 aromatic rings. The van der Waals surface area contributed by atoms with E-state index in [1.165, 1.54) is 0 Å². The molecule has 90 valence electrons. The summed E-state index contributed by atoms with van der Waals surface area (Å²) in [4.78, 5) is 0. The number of aliphatic hydroxyl groups is 1. The molecule has 0 amide bonds. The van der Waals surface area contributed by atoms with Crippen molar-refractivity contribution in [3.63, 3.8) is 0 Å². The van der Waals surface area contributed by atoms with Crippen molar-refractivity contribution in [1.29, 1.82) is 0 Å². The summed E-state index contributed by atoms with van der Waals surface area (Å²) < 4.78 is 27.4. The van der Waals surface area contributed by atoms with E-state index >= 15 is 0 Å². The Morgan fingerprint density at radius 3 is 1.59 bits per heavy atom. The smallest absolute Gasteiger partial charge is 0 e. The summed E-state index contributed by atoms with van der Waals surface area (Å²) in [5.74, 6) is 0.817. The summed E-state index contributed by atoms with van der Waals surface area (Å²) in [5, 5.41) is 8.66. The average molecular weight is 274 g/mol. The van der Waals surface area contributed by atoms with Gasteiger partial charge in [-0.2, -0.15) is 0 Å². The van der Waals surface area contributed by atoms with Gasteiger partial charge in [-0.05, 0) is 17.7 Å². The van der Waals surface area contributed by atoms with Crippen LogP contribution in [0.2, 0.25) is 0 Å². The maximum Gasteiger partial charge on any atom is 0 e. The van der Waals surface area contributed by atoms with E-state index in [-0.39, 0.29) is 24.0 Å². The van der Waals surface area contributed by atoms with Crippen molar-refractivity contribution in [2.45, 2.75) is 6.61 Å². The van der Waals surface area contributed by atoms with Crippen LogP contribution in [0.4, 0.5) is 0 Å². The van der Waals surface area contributed by atoms with Gasteiger partial charge in [0, 0.05) is 17.4 Å². The first-order valence-electron chi connectivity index (χ1n) is 3.72. The summed E-state index contributed by atoms with van der Waals surface area (Å²) >= 11 is 0. The maximum absolute atomic E-state index is 8.66. The summed E-state index contributed by atoms with van der Waals surface area (Å²) in [7, 11) is 1.62. The van der Waals surface area contributed by atoms with E-state index in [0.29, 0.717) is 0 Å². The van der Waals surface area contributed by atoms with Crippen LogP contribution in [0.5, 0.6) is 5.75 Å². The van der Waals surface area contributed by atoms with E-state index in [9.17, 15) is 0 Å². The number of benzene rings is 1. The van der Waals surface area contributed by atoms with Crippen LogP contribution in [0.25, 0.3) is 0 Å². The van der Waals surface area contributed by atoms with Gasteiger partial charge in [-0.1, -0.05) is 12.1 Å². The van der Waals surface area contributed by atoms with Gasteiger partial charge in [-0.25, -0.2) is 0 Å². The summed E-state index contributed by atoms with van der Waals surface area (Å²) in [6, 6.07) is 7.31. The minimum atomic E-state index is 0. The Balaban J connectivity index is -0.000000106. The maximum atomic E-state index is 8.66. The summed E-state index contributed by atoms with van der Waals surface area (Å²) in [6.45, 7) is 13.6. The predicted octanol–water partition coefficient (Wildman–Crippen LogP) is 1.07. The second-order valence-electron chi connectivity index (χ2n) is 2.01. The zero-order chi connectivity index (χ0) is 13.4. The van der Waals surface area contributed by atoms with E-state index in [2.05, 4.69) is 20.0 Å². The fraction of sp³-hybridized carbons (Fsp3) is 0.182. The van der Waals surface area contributed by atoms with Crippen molar-refractivity contribution in [3.8, 4) is 5.75 Å². The molecule has 0 atom stereocenters. The van der Waals surface area contributed by atoms with Crippen LogP contribution < -0.4 is 4.74 Å². The number of hydrogen-bond donors (Lipinski definition) is 1. The van der Waals surface area contributed by atoms with E-state index in [1.54, 1.807) is 7.11 Å². The van der Waals surface area contributed by atoms with Crippen molar-refractivity contribution >= 4 is 0 Å². The second-order valence-corrected chi connectivity index (χ2v) is 2.01. The molecule has 0 saturated heterocycles. The van der Waals surface area contributed by atoms with Gasteiger partial charge < -0.3 is 9.84 Å². The number of hydrogen-bond acceptors (Lipinski definition) is 2. The molecule has 0 aliphatic carbocycles. The number of methoxy groups -OCH3 is 1. The third-order valence-corrected chi connectivity index (χ3v) is 1.34. The Morgan fingerprint density at radius 1 is 1.00 bits per heavy atom. The molecule has 0 saturated carbocycles. The predicted molar refractivity (Wildman–Crippen MR) is 50.7 cm³/mol. The molecule has 0 radical (unpaired) electrons. The molecule has 6 heteroatoms. The Labute approximate surface area is 111 Å². The molecule has 0 bridgehead atoms. The average Bonchev–Trinajstić information content (AvgIpc) is 2.45. The van der Waals surface area contributed by atoms with Crippen molar-refractivity contribution < 1.29 is 41.2 Å². The molecule has 5 nitrogen and oxygen atoms in total. The molecule has 1 N–H and O–H groups in total. The van der Waals surface area contributed by atoms with Gasteiger partial charge in [0.25, 0.3) is 0 Å². The molecule has 0 aromatic heterocycles. The quantitative estimate of drug-likeness (QED) is 0.645. The van der Waals surface area contributed by atoms with E-state index in [1.807, 2.05) is 24.3 Å². The van der Waals surface area contributed by atoms with E-state index < -0.39 is 0 Å². The van der Waals surface area contributed by atoms with Crippen LogP contribution in [0, 0.1) is 20.0 Å². The van der Waals surface area contributed by atoms with Gasteiger partial charge in [0.2, 0.25) is 0 Å². The van der Waals surface area contributed by atoms with Crippen molar-refractivity contribution in [2.24, 2.45) is 0 Å². The number of ether oxygens (including phenoxy) is 1. The van der Waals surface area contributed by atoms with Crippen LogP contribution in [0.1, 0.15) is 5.56 Å². The first-order valence-corrected chi connectivity index (χ1v) is 3.72. The number of aliphatic hydroxyl groups excluding tert-OH is 1.